The summed E-state index contributed by atoms with van der Waals surface area (Å²) in [6.45, 7) is 1.40. The monoisotopic (exact) mass is 401 g/mol. The Morgan fingerprint density at radius 2 is 2.24 bits per heavy atom. The van der Waals surface area contributed by atoms with Gasteiger partial charge in [-0.05, 0) is 63.7 Å². The van der Waals surface area contributed by atoms with Crippen LogP contribution in [0.3, 0.4) is 0 Å². The number of nitrogens with zero attached hydrogens (tertiary/aromatic N) is 4. The Labute approximate surface area is 134 Å². The standard InChI is InChI=1S/C12H12IN5O3/c1-8-4-9(13)2-3-10(8)15-11(19)6-21-12(20)5-18-7-14-16-17-18/h2-4,7H,5-6H2,1H3,(H,15,19). The second-order valence-electron chi connectivity index (χ2n) is 4.18. The molecule has 1 N–H and O–H groups in total. The van der Waals surface area contributed by atoms with Crippen molar-refractivity contribution in [3.05, 3.63) is 33.7 Å². The summed E-state index contributed by atoms with van der Waals surface area (Å²) in [6, 6.07) is 5.63. The second-order valence-corrected chi connectivity index (χ2v) is 5.42. The first-order valence-corrected chi connectivity index (χ1v) is 7.05. The maximum absolute atomic E-state index is 11.7. The highest BCUT2D eigenvalue weighted by molar-refractivity contribution is 14.1. The topological polar surface area (TPSA) is 99.0 Å². The quantitative estimate of drug-likeness (QED) is 0.587. The van der Waals surface area contributed by atoms with E-state index >= 15 is 0 Å². The van der Waals surface area contributed by atoms with Crippen molar-refractivity contribution < 1.29 is 14.3 Å². The molecule has 0 fully saturated rings. The zero-order valence-corrected chi connectivity index (χ0v) is 13.3. The van der Waals surface area contributed by atoms with Gasteiger partial charge in [-0.3, -0.25) is 9.59 Å². The highest BCUT2D eigenvalue weighted by atomic mass is 127. The number of carbonyl (C=O) groups excluding carboxylic acids is 2. The second kappa shape index (κ2) is 7.11. The molecule has 110 valence electrons. The maximum atomic E-state index is 11.7. The number of amides is 1. The molecule has 1 aromatic carbocycles. The summed E-state index contributed by atoms with van der Waals surface area (Å²) < 4.78 is 7.14. The van der Waals surface area contributed by atoms with Crippen molar-refractivity contribution in [2.75, 3.05) is 11.9 Å². The molecule has 2 aromatic rings. The predicted molar refractivity (Wildman–Crippen MR) is 81.3 cm³/mol. The lowest BCUT2D eigenvalue weighted by molar-refractivity contribution is -0.148. The number of esters is 1. The molecule has 21 heavy (non-hydrogen) atoms. The third kappa shape index (κ3) is 4.77. The van der Waals surface area contributed by atoms with Crippen LogP contribution in [-0.4, -0.2) is 38.7 Å². The van der Waals surface area contributed by atoms with Crippen molar-refractivity contribution in [3.8, 4) is 0 Å². The van der Waals surface area contributed by atoms with Gasteiger partial charge in [0, 0.05) is 9.26 Å². The van der Waals surface area contributed by atoms with E-state index in [2.05, 4.69) is 43.4 Å². The molecule has 9 heteroatoms. The van der Waals surface area contributed by atoms with E-state index in [0.717, 1.165) is 9.13 Å². The third-order valence-corrected chi connectivity index (χ3v) is 3.18. The summed E-state index contributed by atoms with van der Waals surface area (Å²) in [6.07, 6.45) is 1.29. The van der Waals surface area contributed by atoms with E-state index in [1.807, 2.05) is 19.1 Å². The van der Waals surface area contributed by atoms with Gasteiger partial charge in [-0.25, -0.2) is 4.68 Å². The van der Waals surface area contributed by atoms with E-state index in [4.69, 9.17) is 4.74 Å². The Bertz CT molecular complexity index is 644. The predicted octanol–water partition coefficient (Wildman–Crippen LogP) is 0.768. The molecule has 1 aromatic heterocycles. The zero-order valence-electron chi connectivity index (χ0n) is 11.1. The van der Waals surface area contributed by atoms with Crippen LogP contribution in [0.15, 0.2) is 24.5 Å². The minimum absolute atomic E-state index is 0.136. The van der Waals surface area contributed by atoms with E-state index in [-0.39, 0.29) is 13.2 Å². The number of ether oxygens (including phenoxy) is 1. The van der Waals surface area contributed by atoms with Crippen molar-refractivity contribution in [1.29, 1.82) is 0 Å². The molecule has 0 saturated heterocycles. The largest absolute Gasteiger partial charge is 0.454 e. The minimum Gasteiger partial charge on any atom is -0.454 e. The molecule has 8 nitrogen and oxygen atoms in total. The van der Waals surface area contributed by atoms with E-state index in [1.165, 1.54) is 11.0 Å². The summed E-state index contributed by atoms with van der Waals surface area (Å²) >= 11 is 2.19. The normalized spacial score (nSPS) is 10.2. The molecule has 0 aliphatic heterocycles. The molecular formula is C12H12IN5O3. The summed E-state index contributed by atoms with van der Waals surface area (Å²) in [5.41, 5.74) is 1.63. The average molecular weight is 401 g/mol. The van der Waals surface area contributed by atoms with Crippen LogP contribution in [0, 0.1) is 10.5 Å². The van der Waals surface area contributed by atoms with Gasteiger partial charge in [-0.1, -0.05) is 0 Å². The van der Waals surface area contributed by atoms with E-state index in [0.29, 0.717) is 5.69 Å². The fraction of sp³-hybridized carbons (Fsp3) is 0.250. The lowest BCUT2D eigenvalue weighted by Gasteiger charge is -2.09. The van der Waals surface area contributed by atoms with Gasteiger partial charge in [0.15, 0.2) is 6.61 Å². The lowest BCUT2D eigenvalue weighted by atomic mass is 10.2. The number of aryl methyl sites for hydroxylation is 1. The van der Waals surface area contributed by atoms with Gasteiger partial charge < -0.3 is 10.1 Å². The molecule has 0 radical (unpaired) electrons. The van der Waals surface area contributed by atoms with Crippen LogP contribution < -0.4 is 5.32 Å². The number of nitrogens with one attached hydrogen (secondary N) is 1. The molecule has 1 heterocycles. The number of halogens is 1. The van der Waals surface area contributed by atoms with Gasteiger partial charge in [-0.2, -0.15) is 0 Å². The smallest absolute Gasteiger partial charge is 0.328 e. The van der Waals surface area contributed by atoms with Gasteiger partial charge >= 0.3 is 5.97 Å². The number of aromatic nitrogens is 4. The van der Waals surface area contributed by atoms with Crippen molar-refractivity contribution in [2.45, 2.75) is 13.5 Å². The Morgan fingerprint density at radius 3 is 2.90 bits per heavy atom. The van der Waals surface area contributed by atoms with Gasteiger partial charge in [0.1, 0.15) is 12.9 Å². The highest BCUT2D eigenvalue weighted by Crippen LogP contribution is 2.17. The molecule has 0 spiro atoms. The van der Waals surface area contributed by atoms with Crippen molar-refractivity contribution in [3.63, 3.8) is 0 Å². The van der Waals surface area contributed by atoms with Gasteiger partial charge in [-0.15, -0.1) is 5.10 Å². The first-order valence-electron chi connectivity index (χ1n) is 5.97. The van der Waals surface area contributed by atoms with E-state index in [9.17, 15) is 9.59 Å². The Morgan fingerprint density at radius 1 is 1.43 bits per heavy atom. The lowest BCUT2D eigenvalue weighted by Crippen LogP contribution is -2.23. The van der Waals surface area contributed by atoms with Crippen molar-refractivity contribution in [2.24, 2.45) is 0 Å². The van der Waals surface area contributed by atoms with Gasteiger partial charge in [0.2, 0.25) is 0 Å². The van der Waals surface area contributed by atoms with Gasteiger partial charge in [0.25, 0.3) is 5.91 Å². The Hall–Kier alpha value is -2.04. The Balaban J connectivity index is 1.80. The minimum atomic E-state index is -0.586. The van der Waals surface area contributed by atoms with Crippen molar-refractivity contribution >= 4 is 40.2 Å². The van der Waals surface area contributed by atoms with Crippen LogP contribution in [0.5, 0.6) is 0 Å². The first-order chi connectivity index (χ1) is 10.0. The van der Waals surface area contributed by atoms with Gasteiger partial charge in [0.05, 0.1) is 0 Å². The number of hydrogen-bond acceptors (Lipinski definition) is 6. The number of tetrazole rings is 1. The molecule has 0 atom stereocenters. The maximum Gasteiger partial charge on any atom is 0.328 e. The summed E-state index contributed by atoms with van der Waals surface area (Å²) in [4.78, 5) is 23.2. The molecule has 2 rings (SSSR count). The number of benzene rings is 1. The van der Waals surface area contributed by atoms with Crippen LogP contribution >= 0.6 is 22.6 Å². The number of anilines is 1. The zero-order chi connectivity index (χ0) is 15.2. The van der Waals surface area contributed by atoms with Crippen LogP contribution in [0.4, 0.5) is 5.69 Å². The van der Waals surface area contributed by atoms with Crippen LogP contribution in [0.25, 0.3) is 0 Å². The molecule has 0 saturated carbocycles. The molecule has 0 bridgehead atoms. The number of hydrogen-bond donors (Lipinski definition) is 1. The van der Waals surface area contributed by atoms with Crippen LogP contribution in [0.2, 0.25) is 0 Å². The average Bonchev–Trinajstić information content (AvgIpc) is 2.92. The fourth-order valence-electron chi connectivity index (χ4n) is 1.53. The SMILES string of the molecule is Cc1cc(I)ccc1NC(=O)COC(=O)Cn1cnnn1. The fourth-order valence-corrected chi connectivity index (χ4v) is 2.18. The summed E-state index contributed by atoms with van der Waals surface area (Å²) in [5, 5.41) is 13.0. The number of carbonyl (C=O) groups is 2. The van der Waals surface area contributed by atoms with Crippen molar-refractivity contribution in [1.82, 2.24) is 20.2 Å². The molecule has 0 aliphatic rings. The first kappa shape index (κ1) is 15.4. The summed E-state index contributed by atoms with van der Waals surface area (Å²) in [5.74, 6) is -0.985. The molecule has 0 aliphatic carbocycles. The van der Waals surface area contributed by atoms with E-state index < -0.39 is 11.9 Å². The third-order valence-electron chi connectivity index (χ3n) is 2.51. The Kier molecular flexibility index (Phi) is 5.20. The molecule has 0 unspecified atom stereocenters. The summed E-state index contributed by atoms with van der Waals surface area (Å²) in [7, 11) is 0. The number of rotatable bonds is 5. The van der Waals surface area contributed by atoms with E-state index in [1.54, 1.807) is 6.07 Å². The molecule has 1 amide bonds. The van der Waals surface area contributed by atoms with Crippen LogP contribution in [0.1, 0.15) is 5.56 Å². The molecular weight excluding hydrogens is 389 g/mol. The van der Waals surface area contributed by atoms with Crippen LogP contribution in [-0.2, 0) is 20.9 Å². The highest BCUT2D eigenvalue weighted by Gasteiger charge is 2.10.